The van der Waals surface area contributed by atoms with Gasteiger partial charge in [0.1, 0.15) is 5.82 Å². The number of ether oxygens (including phenoxy) is 2. The van der Waals surface area contributed by atoms with Crippen LogP contribution in [0.25, 0.3) is 0 Å². The van der Waals surface area contributed by atoms with Crippen molar-refractivity contribution in [1.82, 2.24) is 4.98 Å². The summed E-state index contributed by atoms with van der Waals surface area (Å²) in [7, 11) is 2.92. The van der Waals surface area contributed by atoms with E-state index in [1.165, 1.54) is 7.11 Å². The van der Waals surface area contributed by atoms with Crippen molar-refractivity contribution in [2.24, 2.45) is 0 Å². The first kappa shape index (κ1) is 11.3. The first-order chi connectivity index (χ1) is 7.26. The highest BCUT2D eigenvalue weighted by Gasteiger charge is 2.00. The number of pyridine rings is 1. The van der Waals surface area contributed by atoms with Gasteiger partial charge in [-0.2, -0.15) is 4.98 Å². The number of methoxy groups -OCH3 is 2. The maximum atomic E-state index is 10.8. The molecule has 0 fully saturated rings. The number of esters is 1. The van der Waals surface area contributed by atoms with Crippen LogP contribution in [0.3, 0.4) is 0 Å². The number of rotatable bonds is 5. The molecular weight excluding hydrogens is 196 g/mol. The number of hydrogen-bond donors (Lipinski definition) is 1. The van der Waals surface area contributed by atoms with E-state index in [1.54, 1.807) is 19.2 Å². The van der Waals surface area contributed by atoms with Gasteiger partial charge in [0.05, 0.1) is 20.6 Å². The number of carbonyl (C=O) groups is 1. The lowest BCUT2D eigenvalue weighted by Gasteiger charge is -2.05. The first-order valence-electron chi connectivity index (χ1n) is 4.58. The molecule has 0 aliphatic rings. The Bertz CT molecular complexity index is 328. The van der Waals surface area contributed by atoms with Crippen molar-refractivity contribution in [2.45, 2.75) is 6.42 Å². The van der Waals surface area contributed by atoms with Crippen LogP contribution in [0.2, 0.25) is 0 Å². The standard InChI is InChI=1S/C10H14N2O3/c1-14-9-5-3-4-8(12-9)11-7-6-10(13)15-2/h3-5H,6-7H2,1-2H3,(H,11,12). The molecule has 0 saturated heterocycles. The van der Waals surface area contributed by atoms with E-state index in [9.17, 15) is 4.79 Å². The van der Waals surface area contributed by atoms with Crippen molar-refractivity contribution in [3.63, 3.8) is 0 Å². The fraction of sp³-hybridized carbons (Fsp3) is 0.400. The summed E-state index contributed by atoms with van der Waals surface area (Å²) in [5, 5.41) is 2.99. The zero-order chi connectivity index (χ0) is 11.1. The summed E-state index contributed by atoms with van der Waals surface area (Å²) < 4.78 is 9.47. The predicted molar refractivity (Wildman–Crippen MR) is 55.9 cm³/mol. The normalized spacial score (nSPS) is 9.47. The number of nitrogens with zero attached hydrogens (tertiary/aromatic N) is 1. The lowest BCUT2D eigenvalue weighted by molar-refractivity contribution is -0.140. The van der Waals surface area contributed by atoms with Crippen LogP contribution in [0.1, 0.15) is 6.42 Å². The summed E-state index contributed by atoms with van der Waals surface area (Å²) in [5.74, 6) is 0.974. The summed E-state index contributed by atoms with van der Waals surface area (Å²) >= 11 is 0. The van der Waals surface area contributed by atoms with Crippen LogP contribution in [0, 0.1) is 0 Å². The highest BCUT2D eigenvalue weighted by atomic mass is 16.5. The van der Waals surface area contributed by atoms with E-state index in [0.717, 1.165) is 0 Å². The molecule has 1 aromatic heterocycles. The van der Waals surface area contributed by atoms with Crippen molar-refractivity contribution in [1.29, 1.82) is 0 Å². The molecule has 5 heteroatoms. The average Bonchev–Trinajstić information content (AvgIpc) is 2.29. The zero-order valence-electron chi connectivity index (χ0n) is 8.82. The Hall–Kier alpha value is -1.78. The molecule has 1 aromatic rings. The van der Waals surface area contributed by atoms with Crippen molar-refractivity contribution in [3.05, 3.63) is 18.2 Å². The van der Waals surface area contributed by atoms with Crippen molar-refractivity contribution >= 4 is 11.8 Å². The lowest BCUT2D eigenvalue weighted by Crippen LogP contribution is -2.10. The molecule has 0 aliphatic heterocycles. The molecule has 15 heavy (non-hydrogen) atoms. The number of aromatic nitrogens is 1. The Morgan fingerprint density at radius 1 is 1.47 bits per heavy atom. The van der Waals surface area contributed by atoms with Gasteiger partial charge in [-0.25, -0.2) is 0 Å². The smallest absolute Gasteiger partial charge is 0.307 e. The number of anilines is 1. The molecule has 0 saturated carbocycles. The van der Waals surface area contributed by atoms with Crippen molar-refractivity contribution < 1.29 is 14.3 Å². The second kappa shape index (κ2) is 5.85. The van der Waals surface area contributed by atoms with Crippen LogP contribution in [0.5, 0.6) is 5.88 Å². The number of hydrogen-bond acceptors (Lipinski definition) is 5. The van der Waals surface area contributed by atoms with Crippen molar-refractivity contribution in [3.8, 4) is 5.88 Å². The fourth-order valence-corrected chi connectivity index (χ4v) is 1.02. The summed E-state index contributed by atoms with van der Waals surface area (Å²) in [5.41, 5.74) is 0. The minimum absolute atomic E-state index is 0.245. The topological polar surface area (TPSA) is 60.5 Å². The Morgan fingerprint density at radius 3 is 2.93 bits per heavy atom. The summed E-state index contributed by atoms with van der Waals surface area (Å²) in [6, 6.07) is 5.39. The van der Waals surface area contributed by atoms with Crippen LogP contribution in [-0.2, 0) is 9.53 Å². The molecule has 0 radical (unpaired) electrons. The largest absolute Gasteiger partial charge is 0.481 e. The quantitative estimate of drug-likeness (QED) is 0.736. The maximum absolute atomic E-state index is 10.8. The van der Waals surface area contributed by atoms with Gasteiger partial charge in [-0.1, -0.05) is 6.07 Å². The molecule has 1 N–H and O–H groups in total. The monoisotopic (exact) mass is 210 g/mol. The summed E-state index contributed by atoms with van der Waals surface area (Å²) in [6.07, 6.45) is 0.315. The molecule has 0 unspecified atom stereocenters. The van der Waals surface area contributed by atoms with E-state index < -0.39 is 0 Å². The van der Waals surface area contributed by atoms with Gasteiger partial charge in [0.25, 0.3) is 0 Å². The van der Waals surface area contributed by atoms with Gasteiger partial charge in [-0.15, -0.1) is 0 Å². The maximum Gasteiger partial charge on any atom is 0.307 e. The van der Waals surface area contributed by atoms with Gasteiger partial charge in [-0.3, -0.25) is 4.79 Å². The van der Waals surface area contributed by atoms with E-state index >= 15 is 0 Å². The third-order valence-corrected chi connectivity index (χ3v) is 1.80. The molecular formula is C10H14N2O3. The Balaban J connectivity index is 2.40. The minimum Gasteiger partial charge on any atom is -0.481 e. The minimum atomic E-state index is -0.245. The molecule has 0 atom stereocenters. The van der Waals surface area contributed by atoms with E-state index in [4.69, 9.17) is 4.74 Å². The SMILES string of the molecule is COC(=O)CCNc1cccc(OC)n1. The van der Waals surface area contributed by atoms with Gasteiger partial charge in [0.15, 0.2) is 0 Å². The Labute approximate surface area is 88.4 Å². The third kappa shape index (κ3) is 3.84. The fourth-order valence-electron chi connectivity index (χ4n) is 1.02. The number of nitrogens with one attached hydrogen (secondary N) is 1. The molecule has 5 nitrogen and oxygen atoms in total. The van der Waals surface area contributed by atoms with E-state index in [1.807, 2.05) is 6.07 Å². The molecule has 1 rings (SSSR count). The molecule has 0 aliphatic carbocycles. The van der Waals surface area contributed by atoms with Gasteiger partial charge >= 0.3 is 5.97 Å². The van der Waals surface area contributed by atoms with Crippen LogP contribution in [0.15, 0.2) is 18.2 Å². The Morgan fingerprint density at radius 2 is 2.27 bits per heavy atom. The van der Waals surface area contributed by atoms with Gasteiger partial charge in [0, 0.05) is 12.6 Å². The summed E-state index contributed by atoms with van der Waals surface area (Å²) in [6.45, 7) is 0.493. The highest BCUT2D eigenvalue weighted by molar-refractivity contribution is 5.69. The molecule has 82 valence electrons. The highest BCUT2D eigenvalue weighted by Crippen LogP contribution is 2.10. The molecule has 1 heterocycles. The van der Waals surface area contributed by atoms with Gasteiger partial charge in [-0.05, 0) is 6.07 Å². The number of carbonyl (C=O) groups excluding carboxylic acids is 1. The van der Waals surface area contributed by atoms with Crippen LogP contribution < -0.4 is 10.1 Å². The van der Waals surface area contributed by atoms with E-state index in [0.29, 0.717) is 24.7 Å². The molecule has 0 aromatic carbocycles. The Kier molecular flexibility index (Phi) is 4.40. The van der Waals surface area contributed by atoms with Gasteiger partial charge < -0.3 is 14.8 Å². The molecule has 0 spiro atoms. The average molecular weight is 210 g/mol. The molecule has 0 amide bonds. The zero-order valence-corrected chi connectivity index (χ0v) is 8.82. The third-order valence-electron chi connectivity index (χ3n) is 1.80. The second-order valence-electron chi connectivity index (χ2n) is 2.82. The van der Waals surface area contributed by atoms with Crippen LogP contribution in [-0.4, -0.2) is 31.7 Å². The van der Waals surface area contributed by atoms with Crippen LogP contribution in [0.4, 0.5) is 5.82 Å². The molecule has 0 bridgehead atoms. The summed E-state index contributed by atoms with van der Waals surface area (Å²) in [4.78, 5) is 14.9. The van der Waals surface area contributed by atoms with E-state index in [2.05, 4.69) is 15.0 Å². The predicted octanol–water partition coefficient (Wildman–Crippen LogP) is 1.07. The van der Waals surface area contributed by atoms with Crippen LogP contribution >= 0.6 is 0 Å². The first-order valence-corrected chi connectivity index (χ1v) is 4.58. The van der Waals surface area contributed by atoms with Gasteiger partial charge in [0.2, 0.25) is 5.88 Å². The lowest BCUT2D eigenvalue weighted by atomic mass is 10.4. The van der Waals surface area contributed by atoms with Crippen molar-refractivity contribution in [2.75, 3.05) is 26.1 Å². The second-order valence-corrected chi connectivity index (χ2v) is 2.82. The van der Waals surface area contributed by atoms with E-state index in [-0.39, 0.29) is 5.97 Å².